The standard InChI is InChI=1S/C9H7ClO3/c10-7(9(12)13)5-6-3-1-2-4-8(6)11/h1-5,11H,(H,12,13)/b7-5-. The van der Waals surface area contributed by atoms with Crippen molar-refractivity contribution in [1.29, 1.82) is 0 Å². The molecule has 0 saturated heterocycles. The average Bonchev–Trinajstić information content (AvgIpc) is 2.08. The third-order valence-electron chi connectivity index (χ3n) is 1.42. The van der Waals surface area contributed by atoms with Crippen LogP contribution in [0, 0.1) is 0 Å². The summed E-state index contributed by atoms with van der Waals surface area (Å²) in [5.41, 5.74) is 0.384. The number of phenolic OH excluding ortho intramolecular Hbond substituents is 1. The van der Waals surface area contributed by atoms with E-state index in [9.17, 15) is 9.90 Å². The van der Waals surface area contributed by atoms with Crippen molar-refractivity contribution in [2.75, 3.05) is 0 Å². The summed E-state index contributed by atoms with van der Waals surface area (Å²) >= 11 is 5.37. The fraction of sp³-hybridized carbons (Fsp3) is 0. The Balaban J connectivity index is 3.04. The van der Waals surface area contributed by atoms with Crippen LogP contribution in [-0.4, -0.2) is 16.2 Å². The molecule has 0 radical (unpaired) electrons. The Morgan fingerprint density at radius 3 is 2.54 bits per heavy atom. The topological polar surface area (TPSA) is 57.5 Å². The van der Waals surface area contributed by atoms with Crippen LogP contribution in [0.1, 0.15) is 5.56 Å². The van der Waals surface area contributed by atoms with Crippen molar-refractivity contribution in [2.45, 2.75) is 0 Å². The molecule has 0 aliphatic carbocycles. The summed E-state index contributed by atoms with van der Waals surface area (Å²) < 4.78 is 0. The lowest BCUT2D eigenvalue weighted by molar-refractivity contribution is -0.131. The number of phenols is 1. The van der Waals surface area contributed by atoms with Crippen LogP contribution in [0.5, 0.6) is 5.75 Å². The van der Waals surface area contributed by atoms with Gasteiger partial charge in [-0.15, -0.1) is 0 Å². The molecule has 0 fully saturated rings. The van der Waals surface area contributed by atoms with Crippen molar-refractivity contribution >= 4 is 23.6 Å². The first-order valence-electron chi connectivity index (χ1n) is 3.50. The zero-order valence-electron chi connectivity index (χ0n) is 6.57. The number of carboxylic acid groups (broad SMARTS) is 1. The highest BCUT2D eigenvalue weighted by atomic mass is 35.5. The van der Waals surface area contributed by atoms with Gasteiger partial charge in [0.05, 0.1) is 0 Å². The normalized spacial score (nSPS) is 11.3. The number of hydrogen-bond donors (Lipinski definition) is 2. The molecule has 0 saturated carbocycles. The lowest BCUT2D eigenvalue weighted by Crippen LogP contribution is -1.92. The highest BCUT2D eigenvalue weighted by molar-refractivity contribution is 6.43. The van der Waals surface area contributed by atoms with Gasteiger partial charge in [0.1, 0.15) is 10.8 Å². The zero-order chi connectivity index (χ0) is 9.84. The van der Waals surface area contributed by atoms with Crippen LogP contribution in [-0.2, 0) is 4.79 Å². The Hall–Kier alpha value is -1.48. The monoisotopic (exact) mass is 198 g/mol. The molecule has 0 spiro atoms. The number of halogens is 1. The molecule has 68 valence electrons. The third kappa shape index (κ3) is 2.49. The second kappa shape index (κ2) is 3.96. The Morgan fingerprint density at radius 2 is 2.00 bits per heavy atom. The molecule has 0 bridgehead atoms. The third-order valence-corrected chi connectivity index (χ3v) is 1.69. The van der Waals surface area contributed by atoms with Crippen LogP contribution in [0.15, 0.2) is 29.3 Å². The van der Waals surface area contributed by atoms with Crippen molar-refractivity contribution in [3.8, 4) is 5.75 Å². The number of aliphatic carboxylic acids is 1. The van der Waals surface area contributed by atoms with Gasteiger partial charge in [-0.1, -0.05) is 29.8 Å². The maximum atomic E-state index is 10.3. The van der Waals surface area contributed by atoms with Crippen molar-refractivity contribution in [2.24, 2.45) is 0 Å². The summed E-state index contributed by atoms with van der Waals surface area (Å²) in [6.07, 6.45) is 1.19. The average molecular weight is 199 g/mol. The molecule has 4 heteroatoms. The van der Waals surface area contributed by atoms with Crippen molar-refractivity contribution in [3.63, 3.8) is 0 Å². The van der Waals surface area contributed by atoms with E-state index in [1.54, 1.807) is 18.2 Å². The molecule has 13 heavy (non-hydrogen) atoms. The molecule has 1 aromatic carbocycles. The number of carbonyl (C=O) groups is 1. The van der Waals surface area contributed by atoms with E-state index >= 15 is 0 Å². The molecular weight excluding hydrogens is 192 g/mol. The van der Waals surface area contributed by atoms with Crippen LogP contribution in [0.25, 0.3) is 6.08 Å². The highest BCUT2D eigenvalue weighted by Gasteiger charge is 2.04. The van der Waals surface area contributed by atoms with Gasteiger partial charge < -0.3 is 10.2 Å². The Labute approximate surface area is 79.9 Å². The number of para-hydroxylation sites is 1. The molecule has 0 aliphatic heterocycles. The van der Waals surface area contributed by atoms with Gasteiger partial charge in [-0.05, 0) is 12.1 Å². The predicted octanol–water partition coefficient (Wildman–Crippen LogP) is 2.06. The van der Waals surface area contributed by atoms with E-state index in [4.69, 9.17) is 16.7 Å². The van der Waals surface area contributed by atoms with Gasteiger partial charge in [0.15, 0.2) is 0 Å². The minimum atomic E-state index is -1.22. The summed E-state index contributed by atoms with van der Waals surface area (Å²) in [7, 11) is 0. The molecule has 0 aromatic heterocycles. The first-order chi connectivity index (χ1) is 6.11. The van der Waals surface area contributed by atoms with Crippen molar-refractivity contribution in [3.05, 3.63) is 34.9 Å². The largest absolute Gasteiger partial charge is 0.507 e. The minimum absolute atomic E-state index is 0.00176. The van der Waals surface area contributed by atoms with Crippen molar-refractivity contribution in [1.82, 2.24) is 0 Å². The molecule has 1 aromatic rings. The van der Waals surface area contributed by atoms with E-state index in [2.05, 4.69) is 0 Å². The summed E-state index contributed by atoms with van der Waals surface area (Å²) in [5, 5.41) is 17.4. The number of aromatic hydroxyl groups is 1. The summed E-state index contributed by atoms with van der Waals surface area (Å²) in [5.74, 6) is -1.22. The number of carboxylic acids is 1. The molecular formula is C9H7ClO3. The summed E-state index contributed by atoms with van der Waals surface area (Å²) in [6, 6.07) is 6.34. The Kier molecular flexibility index (Phi) is 2.93. The van der Waals surface area contributed by atoms with Gasteiger partial charge >= 0.3 is 5.97 Å². The molecule has 1 rings (SSSR count). The van der Waals surface area contributed by atoms with E-state index in [0.717, 1.165) is 0 Å². The number of benzene rings is 1. The lowest BCUT2D eigenvalue weighted by atomic mass is 10.2. The number of hydrogen-bond acceptors (Lipinski definition) is 2. The quantitative estimate of drug-likeness (QED) is 0.716. The minimum Gasteiger partial charge on any atom is -0.507 e. The van der Waals surface area contributed by atoms with Gasteiger partial charge in [-0.2, -0.15) is 0 Å². The highest BCUT2D eigenvalue weighted by Crippen LogP contribution is 2.20. The Bertz CT molecular complexity index is 358. The van der Waals surface area contributed by atoms with Gasteiger partial charge in [0.2, 0.25) is 0 Å². The van der Waals surface area contributed by atoms with Crippen LogP contribution in [0.3, 0.4) is 0 Å². The molecule has 0 heterocycles. The van der Waals surface area contributed by atoms with Crippen LogP contribution in [0.2, 0.25) is 0 Å². The maximum Gasteiger partial charge on any atom is 0.347 e. The van der Waals surface area contributed by atoms with Crippen LogP contribution < -0.4 is 0 Å². The molecule has 0 aliphatic rings. The SMILES string of the molecule is O=C(O)/C(Cl)=C/c1ccccc1O. The second-order valence-corrected chi connectivity index (χ2v) is 2.76. The van der Waals surface area contributed by atoms with Crippen molar-refractivity contribution < 1.29 is 15.0 Å². The van der Waals surface area contributed by atoms with E-state index < -0.39 is 5.97 Å². The summed E-state index contributed by atoms with van der Waals surface area (Å²) in [6.45, 7) is 0. The summed E-state index contributed by atoms with van der Waals surface area (Å²) in [4.78, 5) is 10.3. The molecule has 0 unspecified atom stereocenters. The molecule has 2 N–H and O–H groups in total. The second-order valence-electron chi connectivity index (χ2n) is 2.36. The lowest BCUT2D eigenvalue weighted by Gasteiger charge is -1.97. The van der Waals surface area contributed by atoms with Gasteiger partial charge in [-0.3, -0.25) is 0 Å². The molecule has 0 amide bonds. The van der Waals surface area contributed by atoms with E-state index in [1.807, 2.05) is 0 Å². The van der Waals surface area contributed by atoms with Crippen LogP contribution >= 0.6 is 11.6 Å². The smallest absolute Gasteiger partial charge is 0.347 e. The van der Waals surface area contributed by atoms with Gasteiger partial charge in [0, 0.05) is 5.56 Å². The number of rotatable bonds is 2. The van der Waals surface area contributed by atoms with Gasteiger partial charge in [0.25, 0.3) is 0 Å². The maximum absolute atomic E-state index is 10.3. The van der Waals surface area contributed by atoms with Crippen LogP contribution in [0.4, 0.5) is 0 Å². The molecule has 0 atom stereocenters. The Morgan fingerprint density at radius 1 is 1.38 bits per heavy atom. The van der Waals surface area contributed by atoms with E-state index in [1.165, 1.54) is 12.1 Å². The fourth-order valence-corrected chi connectivity index (χ4v) is 0.925. The first kappa shape index (κ1) is 9.61. The van der Waals surface area contributed by atoms with Gasteiger partial charge in [-0.25, -0.2) is 4.79 Å². The van der Waals surface area contributed by atoms with E-state index in [0.29, 0.717) is 5.56 Å². The fourth-order valence-electron chi connectivity index (χ4n) is 0.808. The van der Waals surface area contributed by atoms with E-state index in [-0.39, 0.29) is 10.8 Å². The first-order valence-corrected chi connectivity index (χ1v) is 3.87. The predicted molar refractivity (Wildman–Crippen MR) is 49.6 cm³/mol. The zero-order valence-corrected chi connectivity index (χ0v) is 7.32. The molecule has 3 nitrogen and oxygen atoms in total.